The molecular weight excluding hydrogens is 269 g/mol. The third kappa shape index (κ3) is 2.03. The molecule has 0 spiro atoms. The van der Waals surface area contributed by atoms with E-state index in [9.17, 15) is 14.3 Å². The fourth-order valence-corrected chi connectivity index (χ4v) is 4.60. The van der Waals surface area contributed by atoms with Crippen molar-refractivity contribution in [2.45, 2.75) is 46.1 Å². The Labute approximate surface area is 124 Å². The van der Waals surface area contributed by atoms with Crippen molar-refractivity contribution >= 4 is 5.91 Å². The minimum absolute atomic E-state index is 0.00351. The number of nitrogens with one attached hydrogen (secondary N) is 1. The van der Waals surface area contributed by atoms with Crippen LogP contribution >= 0.6 is 0 Å². The van der Waals surface area contributed by atoms with Crippen LogP contribution in [-0.4, -0.2) is 17.1 Å². The van der Waals surface area contributed by atoms with Crippen molar-refractivity contribution in [2.24, 2.45) is 16.7 Å². The van der Waals surface area contributed by atoms with Crippen molar-refractivity contribution in [3.63, 3.8) is 0 Å². The van der Waals surface area contributed by atoms with Crippen LogP contribution in [0.4, 0.5) is 4.39 Å². The summed E-state index contributed by atoms with van der Waals surface area (Å²) >= 11 is 0. The van der Waals surface area contributed by atoms with Gasteiger partial charge in [0.2, 0.25) is 0 Å². The third-order valence-electron chi connectivity index (χ3n) is 5.76. The van der Waals surface area contributed by atoms with Crippen molar-refractivity contribution in [2.75, 3.05) is 0 Å². The van der Waals surface area contributed by atoms with Crippen LogP contribution in [-0.2, 0) is 0 Å². The van der Waals surface area contributed by atoms with E-state index in [1.54, 1.807) is 0 Å². The van der Waals surface area contributed by atoms with Crippen molar-refractivity contribution in [3.05, 3.63) is 29.6 Å². The lowest BCUT2D eigenvalue weighted by molar-refractivity contribution is 0.0731. The van der Waals surface area contributed by atoms with E-state index in [1.807, 2.05) is 0 Å². The molecule has 0 radical (unpaired) electrons. The van der Waals surface area contributed by atoms with Crippen LogP contribution < -0.4 is 5.32 Å². The molecule has 1 amide bonds. The second-order valence-corrected chi connectivity index (χ2v) is 7.46. The zero-order valence-electron chi connectivity index (χ0n) is 12.7. The second kappa shape index (κ2) is 4.46. The van der Waals surface area contributed by atoms with Gasteiger partial charge in [-0.1, -0.05) is 26.8 Å². The molecular formula is C17H22FNO2. The minimum Gasteiger partial charge on any atom is -0.507 e. The van der Waals surface area contributed by atoms with Gasteiger partial charge in [0.05, 0.1) is 0 Å². The standard InChI is InChI=1S/C17H22FNO2/c1-16(2)10-7-8-17(3,9-10)15(16)19-14(21)13-11(18)5-4-6-12(13)20/h4-6,10,15,20H,7-9H2,1-3H3,(H,19,21). The highest BCUT2D eigenvalue weighted by Gasteiger charge is 2.59. The Morgan fingerprint density at radius 3 is 2.67 bits per heavy atom. The molecule has 2 fully saturated rings. The van der Waals surface area contributed by atoms with E-state index in [0.29, 0.717) is 5.92 Å². The molecule has 1 aromatic rings. The van der Waals surface area contributed by atoms with Crippen LogP contribution in [0.5, 0.6) is 5.75 Å². The molecule has 3 rings (SSSR count). The Morgan fingerprint density at radius 1 is 1.38 bits per heavy atom. The van der Waals surface area contributed by atoms with Gasteiger partial charge in [-0.3, -0.25) is 4.79 Å². The van der Waals surface area contributed by atoms with E-state index in [1.165, 1.54) is 24.6 Å². The number of carbonyl (C=O) groups is 1. The van der Waals surface area contributed by atoms with Crippen molar-refractivity contribution in [3.8, 4) is 5.75 Å². The summed E-state index contributed by atoms with van der Waals surface area (Å²) < 4.78 is 13.8. The lowest BCUT2D eigenvalue weighted by atomic mass is 9.68. The second-order valence-electron chi connectivity index (χ2n) is 7.46. The topological polar surface area (TPSA) is 49.3 Å². The SMILES string of the molecule is CC12CCC(C1)C(C)(C)C2NC(=O)c1c(O)cccc1F. The summed E-state index contributed by atoms with van der Waals surface area (Å²) in [6, 6.07) is 3.94. The first-order valence-electron chi connectivity index (χ1n) is 7.54. The van der Waals surface area contributed by atoms with Gasteiger partial charge in [-0.05, 0) is 48.1 Å². The van der Waals surface area contributed by atoms with Gasteiger partial charge in [0.1, 0.15) is 17.1 Å². The maximum absolute atomic E-state index is 13.8. The van der Waals surface area contributed by atoms with E-state index < -0.39 is 11.7 Å². The zero-order chi connectivity index (χ0) is 15.4. The summed E-state index contributed by atoms with van der Waals surface area (Å²) in [4.78, 5) is 12.4. The molecule has 0 aliphatic heterocycles. The van der Waals surface area contributed by atoms with Gasteiger partial charge in [-0.15, -0.1) is 0 Å². The molecule has 2 N–H and O–H groups in total. The molecule has 0 saturated heterocycles. The number of carbonyl (C=O) groups excluding carboxylic acids is 1. The van der Waals surface area contributed by atoms with Gasteiger partial charge in [-0.2, -0.15) is 0 Å². The fraction of sp³-hybridized carbons (Fsp3) is 0.588. The molecule has 114 valence electrons. The number of hydrogen-bond donors (Lipinski definition) is 2. The highest BCUT2D eigenvalue weighted by atomic mass is 19.1. The first-order chi connectivity index (χ1) is 9.75. The molecule has 2 aliphatic rings. The number of fused-ring (bicyclic) bond motifs is 2. The quantitative estimate of drug-likeness (QED) is 0.876. The number of phenolic OH excluding ortho intramolecular Hbond substituents is 1. The van der Waals surface area contributed by atoms with E-state index in [2.05, 4.69) is 26.1 Å². The molecule has 2 saturated carbocycles. The maximum atomic E-state index is 13.8. The van der Waals surface area contributed by atoms with Crippen LogP contribution in [0.25, 0.3) is 0 Å². The Morgan fingerprint density at radius 2 is 2.10 bits per heavy atom. The maximum Gasteiger partial charge on any atom is 0.258 e. The molecule has 2 aliphatic carbocycles. The number of halogens is 1. The Balaban J connectivity index is 1.89. The van der Waals surface area contributed by atoms with Crippen molar-refractivity contribution in [1.29, 1.82) is 0 Å². The summed E-state index contributed by atoms with van der Waals surface area (Å²) in [6.07, 6.45) is 3.39. The van der Waals surface area contributed by atoms with Crippen molar-refractivity contribution in [1.82, 2.24) is 5.32 Å². The summed E-state index contributed by atoms with van der Waals surface area (Å²) in [5, 5.41) is 12.8. The highest BCUT2D eigenvalue weighted by Crippen LogP contribution is 2.62. The van der Waals surface area contributed by atoms with Gasteiger partial charge in [0, 0.05) is 6.04 Å². The Bertz CT molecular complexity index is 573. The number of phenols is 1. The average Bonchev–Trinajstić information content (AvgIpc) is 2.86. The summed E-state index contributed by atoms with van der Waals surface area (Å²) in [5.74, 6) is -0.906. The van der Waals surface area contributed by atoms with Gasteiger partial charge >= 0.3 is 0 Å². The number of amides is 1. The van der Waals surface area contributed by atoms with Gasteiger partial charge in [-0.25, -0.2) is 4.39 Å². The third-order valence-corrected chi connectivity index (χ3v) is 5.76. The first kappa shape index (κ1) is 14.4. The first-order valence-corrected chi connectivity index (χ1v) is 7.54. The van der Waals surface area contributed by atoms with Gasteiger partial charge in [0.15, 0.2) is 0 Å². The fourth-order valence-electron chi connectivity index (χ4n) is 4.60. The van der Waals surface area contributed by atoms with Crippen LogP contribution in [0.15, 0.2) is 18.2 Å². The molecule has 1 aromatic carbocycles. The Hall–Kier alpha value is -1.58. The molecule has 2 bridgehead atoms. The van der Waals surface area contributed by atoms with Crippen LogP contribution in [0, 0.1) is 22.6 Å². The van der Waals surface area contributed by atoms with E-state index in [-0.39, 0.29) is 28.2 Å². The summed E-state index contributed by atoms with van der Waals surface area (Å²) in [5.41, 5.74) is -0.173. The van der Waals surface area contributed by atoms with Crippen molar-refractivity contribution < 1.29 is 14.3 Å². The minimum atomic E-state index is -0.682. The molecule has 3 nitrogen and oxygen atoms in total. The Kier molecular flexibility index (Phi) is 3.05. The molecule has 0 heterocycles. The van der Waals surface area contributed by atoms with Crippen LogP contribution in [0.3, 0.4) is 0 Å². The largest absolute Gasteiger partial charge is 0.507 e. The molecule has 21 heavy (non-hydrogen) atoms. The predicted octanol–water partition coefficient (Wildman–Crippen LogP) is 3.48. The smallest absolute Gasteiger partial charge is 0.258 e. The van der Waals surface area contributed by atoms with E-state index >= 15 is 0 Å². The monoisotopic (exact) mass is 291 g/mol. The lowest BCUT2D eigenvalue weighted by Crippen LogP contribution is -2.52. The number of hydrogen-bond acceptors (Lipinski definition) is 2. The van der Waals surface area contributed by atoms with E-state index in [4.69, 9.17) is 0 Å². The number of aromatic hydroxyl groups is 1. The van der Waals surface area contributed by atoms with Crippen LogP contribution in [0.2, 0.25) is 0 Å². The zero-order valence-corrected chi connectivity index (χ0v) is 12.7. The number of rotatable bonds is 2. The highest BCUT2D eigenvalue weighted by molar-refractivity contribution is 5.97. The number of benzene rings is 1. The molecule has 4 heteroatoms. The molecule has 3 unspecified atom stereocenters. The predicted molar refractivity (Wildman–Crippen MR) is 78.5 cm³/mol. The average molecular weight is 291 g/mol. The summed E-state index contributed by atoms with van der Waals surface area (Å²) in [7, 11) is 0. The van der Waals surface area contributed by atoms with Gasteiger partial charge < -0.3 is 10.4 Å². The van der Waals surface area contributed by atoms with E-state index in [0.717, 1.165) is 12.8 Å². The lowest BCUT2D eigenvalue weighted by Gasteiger charge is -2.43. The summed E-state index contributed by atoms with van der Waals surface area (Å²) in [6.45, 7) is 6.55. The van der Waals surface area contributed by atoms with Gasteiger partial charge in [0.25, 0.3) is 5.91 Å². The van der Waals surface area contributed by atoms with Crippen LogP contribution in [0.1, 0.15) is 50.4 Å². The molecule has 3 atom stereocenters. The normalized spacial score (nSPS) is 33.1. The molecule has 0 aromatic heterocycles.